The molecule has 0 fully saturated rings. The van der Waals surface area contributed by atoms with Gasteiger partial charge in [-0.15, -0.1) is 0 Å². The number of pyridine rings is 1. The number of hydrogen-bond donors (Lipinski definition) is 0. The number of ether oxygens (including phenoxy) is 1. The van der Waals surface area contributed by atoms with Crippen LogP contribution in [0.4, 0.5) is 0 Å². The minimum atomic E-state index is -2.87. The maximum Gasteiger partial charge on any atom is 0.269 e. The third-order valence-electron chi connectivity index (χ3n) is 12.9. The van der Waals surface area contributed by atoms with E-state index in [4.69, 9.17) is 33.0 Å². The van der Waals surface area contributed by atoms with E-state index in [1.54, 1.807) is 107 Å². The Hall–Kier alpha value is -9.58. The van der Waals surface area contributed by atoms with Crippen LogP contribution in [-0.4, -0.2) is 14.1 Å². The van der Waals surface area contributed by atoms with Gasteiger partial charge in [0.2, 0.25) is 0 Å². The SMILES string of the molecule is [2H]c1c([2H])c([2H])c(-c2cc(-c3c([2H])c(-c4c([2H])c([2H])c([2H])c([2H])c4[2H])c([2H])c(-c4c([2H])c([2H])c([2H])c([2H])c4[2H])c3[2H])c(-[n+]3[c-]n(-c4cccc(Oc5ccc6c7ccccc7n(-c7cc(C([2H])([2H])[2H])c(-c8c([2H])c([2H])c([2H])c([2H])c8[2H])cn7)c6c5)c4)c4ccccc43)c(C(C)(C)C)c2)c([2H])c1[2H]. The normalized spacial score (nSPS) is 16.7. The van der Waals surface area contributed by atoms with Crippen LogP contribution in [0.25, 0.3) is 106 Å². The number of aryl methyl sites for hydroxylation is 1. The van der Waals surface area contributed by atoms with E-state index in [0.717, 1.165) is 5.39 Å². The predicted molar refractivity (Wildman–Crippen MR) is 313 cm³/mol. The van der Waals surface area contributed by atoms with Crippen LogP contribution in [0.15, 0.2) is 254 Å². The number of para-hydroxylation sites is 3. The summed E-state index contributed by atoms with van der Waals surface area (Å²) in [6.07, 6.45) is 4.67. The van der Waals surface area contributed by atoms with Crippen molar-refractivity contribution in [1.29, 1.82) is 0 Å². The van der Waals surface area contributed by atoms with Crippen molar-refractivity contribution in [2.45, 2.75) is 33.0 Å². The van der Waals surface area contributed by atoms with E-state index < -0.39 is 179 Å². The fraction of sp³-hybridized carbons (Fsp3) is 0.0704. The van der Waals surface area contributed by atoms with Crippen LogP contribution in [0.3, 0.4) is 0 Å². The third kappa shape index (κ3) is 8.52. The highest BCUT2D eigenvalue weighted by atomic mass is 16.5. The first-order valence-electron chi connectivity index (χ1n) is 36.9. The lowest BCUT2D eigenvalue weighted by Crippen LogP contribution is -2.34. The highest BCUT2D eigenvalue weighted by molar-refractivity contribution is 6.09. The number of aromatic nitrogens is 4. The molecule has 5 nitrogen and oxygen atoms in total. The number of hydrogen-bond acceptors (Lipinski definition) is 2. The van der Waals surface area contributed by atoms with Crippen LogP contribution in [0.5, 0.6) is 11.5 Å². The predicted octanol–water partition coefficient (Wildman–Crippen LogP) is 17.9. The van der Waals surface area contributed by atoms with Gasteiger partial charge in [-0.05, 0) is 140 Å². The summed E-state index contributed by atoms with van der Waals surface area (Å²) in [5.74, 6) is 0.709. The van der Waals surface area contributed by atoms with Gasteiger partial charge < -0.3 is 4.74 Å². The van der Waals surface area contributed by atoms with Gasteiger partial charge >= 0.3 is 0 Å². The van der Waals surface area contributed by atoms with E-state index in [1.165, 1.54) is 18.3 Å². The molecule has 0 aliphatic heterocycles. The average Bonchev–Trinajstić information content (AvgIpc) is 1.06. The Morgan fingerprint density at radius 3 is 1.78 bits per heavy atom. The van der Waals surface area contributed by atoms with Crippen molar-refractivity contribution >= 4 is 32.8 Å². The van der Waals surface area contributed by atoms with Gasteiger partial charge in [-0.1, -0.05) is 196 Å². The smallest absolute Gasteiger partial charge is 0.269 e. The van der Waals surface area contributed by atoms with Crippen LogP contribution in [-0.2, 0) is 5.41 Å². The van der Waals surface area contributed by atoms with Crippen molar-refractivity contribution in [1.82, 2.24) is 14.1 Å². The Labute approximate surface area is 480 Å². The maximum absolute atomic E-state index is 10.3. The Balaban J connectivity index is 1.05. The van der Waals surface area contributed by atoms with E-state index in [2.05, 4.69) is 6.33 Å². The van der Waals surface area contributed by atoms with Gasteiger partial charge in [-0.2, -0.15) is 0 Å². The molecule has 0 atom stereocenters. The van der Waals surface area contributed by atoms with Crippen LogP contribution >= 0.6 is 0 Å². The Morgan fingerprint density at radius 2 is 1.11 bits per heavy atom. The average molecular weight is 1010 g/mol. The molecule has 3 heterocycles. The fourth-order valence-electron chi connectivity index (χ4n) is 9.43. The lowest BCUT2D eigenvalue weighted by Gasteiger charge is -2.28. The highest BCUT2D eigenvalue weighted by Crippen LogP contribution is 2.42. The van der Waals surface area contributed by atoms with Crippen molar-refractivity contribution in [3.05, 3.63) is 272 Å². The number of imidazole rings is 1. The van der Waals surface area contributed by atoms with Gasteiger partial charge in [0.05, 0.1) is 65.0 Å². The molecular formula is C71H54N4O. The Bertz CT molecular complexity index is 5620. The summed E-state index contributed by atoms with van der Waals surface area (Å²) in [5.41, 5.74) is -2.88. The number of nitrogens with zero attached hydrogens (tertiary/aromatic N) is 4. The molecule has 13 rings (SSSR count). The van der Waals surface area contributed by atoms with Crippen molar-refractivity contribution in [3.63, 3.8) is 0 Å². The van der Waals surface area contributed by atoms with Crippen LogP contribution in [0, 0.1) is 13.2 Å². The van der Waals surface area contributed by atoms with Crippen LogP contribution < -0.4 is 9.30 Å². The standard InChI is InChI=1S/C71H54N4O/c1-48-38-69(72-46-63(48)52-28-15-8-16-29-52)75-65-33-18-17-32-60(65)61-37-36-59(45-68(61)75)76-58-31-21-30-57(44-58)73-47-74(67-35-20-19-34-66(67)73)70-62(42-55(43-64(70)71(2,3)4)51-26-13-7-14-27-51)56-40-53(49-22-9-5-10-23-49)39-54(41-56)50-24-11-6-12-25-50/h5-46H,1-4H3/i1D3,5D,6D,7D,8D,9D,10D,11D,12D,13D,14D,15D,16D,22D,23D,24D,25D,26D,27D,28D,29D,39D,40D,41D. The molecule has 76 heavy (non-hydrogen) atoms. The summed E-state index contributed by atoms with van der Waals surface area (Å²) in [6.45, 7) is 2.55. The lowest BCUT2D eigenvalue weighted by molar-refractivity contribution is -0.572. The molecule has 364 valence electrons. The van der Waals surface area contributed by atoms with Gasteiger partial charge in [0.1, 0.15) is 17.3 Å². The second-order valence-corrected chi connectivity index (χ2v) is 18.6. The first-order valence-corrected chi connectivity index (χ1v) is 23.9. The molecule has 0 saturated carbocycles. The molecule has 0 spiro atoms. The molecule has 0 radical (unpaired) electrons. The number of benzene rings is 10. The van der Waals surface area contributed by atoms with Gasteiger partial charge in [0.15, 0.2) is 0 Å². The zero-order chi connectivity index (χ0) is 73.8. The zero-order valence-electron chi connectivity index (χ0n) is 66.7. The molecule has 0 bridgehead atoms. The van der Waals surface area contributed by atoms with Gasteiger partial charge in [0, 0.05) is 32.7 Å². The summed E-state index contributed by atoms with van der Waals surface area (Å²) >= 11 is 0. The van der Waals surface area contributed by atoms with Gasteiger partial charge in [-0.3, -0.25) is 13.7 Å². The molecule has 0 aliphatic rings. The van der Waals surface area contributed by atoms with Gasteiger partial charge in [0.25, 0.3) is 6.33 Å². The molecular weight excluding hydrogens is 925 g/mol. The van der Waals surface area contributed by atoms with Crippen molar-refractivity contribution in [2.24, 2.45) is 0 Å². The van der Waals surface area contributed by atoms with Crippen molar-refractivity contribution in [2.75, 3.05) is 0 Å². The molecule has 0 N–H and O–H groups in total. The molecule has 3 aromatic heterocycles. The summed E-state index contributed by atoms with van der Waals surface area (Å²) < 4.78 is 244. The third-order valence-corrected chi connectivity index (χ3v) is 12.9. The van der Waals surface area contributed by atoms with Crippen molar-refractivity contribution < 1.29 is 44.9 Å². The maximum atomic E-state index is 10.3. The summed E-state index contributed by atoms with van der Waals surface area (Å²) in [5, 5.41) is 1.47. The first kappa shape index (κ1) is 26.1. The quantitative estimate of drug-likeness (QED) is 0.101. The van der Waals surface area contributed by atoms with E-state index in [0.29, 0.717) is 44.5 Å². The summed E-state index contributed by atoms with van der Waals surface area (Å²) in [7, 11) is 0. The first-order chi connectivity index (χ1) is 48.0. The molecule has 5 heteroatoms. The lowest BCUT2D eigenvalue weighted by atomic mass is 9.80. The second-order valence-electron chi connectivity index (χ2n) is 18.6. The minimum absolute atomic E-state index is 0.0486. The number of fused-ring (bicyclic) bond motifs is 4. The van der Waals surface area contributed by atoms with E-state index in [-0.39, 0.29) is 50.6 Å². The topological polar surface area (TPSA) is 35.9 Å². The van der Waals surface area contributed by atoms with Crippen LogP contribution in [0.2, 0.25) is 0 Å². The molecule has 0 saturated heterocycles. The van der Waals surface area contributed by atoms with E-state index in [1.807, 2.05) is 24.3 Å². The molecule has 0 aliphatic carbocycles. The largest absolute Gasteiger partial charge is 0.458 e. The van der Waals surface area contributed by atoms with Gasteiger partial charge in [-0.25, -0.2) is 4.98 Å². The van der Waals surface area contributed by atoms with Crippen LogP contribution in [0.1, 0.15) is 67.5 Å². The minimum Gasteiger partial charge on any atom is -0.458 e. The number of rotatable bonds is 10. The summed E-state index contributed by atoms with van der Waals surface area (Å²) in [6, 6.07) is 13.0. The highest BCUT2D eigenvalue weighted by Gasteiger charge is 2.27. The van der Waals surface area contributed by atoms with Crippen molar-refractivity contribution in [3.8, 4) is 84.3 Å². The monoisotopic (exact) mass is 1000 g/mol. The second kappa shape index (κ2) is 19.0. The zero-order valence-corrected chi connectivity index (χ0v) is 40.7. The molecule has 13 aromatic rings. The molecule has 0 unspecified atom stereocenters. The molecule has 10 aromatic carbocycles. The summed E-state index contributed by atoms with van der Waals surface area (Å²) in [4.78, 5) is 4.70. The Kier molecular flexibility index (Phi) is 6.53. The molecule has 0 amide bonds. The Morgan fingerprint density at radius 1 is 0.513 bits per heavy atom. The fourth-order valence-corrected chi connectivity index (χ4v) is 9.43. The van der Waals surface area contributed by atoms with E-state index in [9.17, 15) is 12.3 Å². The van der Waals surface area contributed by atoms with E-state index >= 15 is 0 Å².